The molecule has 2 aliphatic rings. The second-order valence-electron chi connectivity index (χ2n) is 2.75. The molecule has 11 heavy (non-hydrogen) atoms. The molecular weight excluding hydrogens is 280 g/mol. The molecule has 0 atom stereocenters. The summed E-state index contributed by atoms with van der Waals surface area (Å²) < 4.78 is 0. The zero-order valence-electron chi connectivity index (χ0n) is 6.86. The molecule has 2 rings (SSSR count). The van der Waals surface area contributed by atoms with Crippen molar-refractivity contribution >= 4 is 39.0 Å². The van der Waals surface area contributed by atoms with E-state index >= 15 is 0 Å². The molecule has 0 spiro atoms. The van der Waals surface area contributed by atoms with Gasteiger partial charge < -0.3 is 23.4 Å². The van der Waals surface area contributed by atoms with Gasteiger partial charge in [0.25, 0.3) is 0 Å². The van der Waals surface area contributed by atoms with Crippen molar-refractivity contribution in [2.75, 3.05) is 0 Å². The van der Waals surface area contributed by atoms with Gasteiger partial charge in [-0.25, -0.2) is 0 Å². The molecule has 3 heteroatoms. The maximum Gasteiger partial charge on any atom is 2.00 e. The first-order valence-corrected chi connectivity index (χ1v) is 4.77. The predicted molar refractivity (Wildman–Crippen MR) is 50.5 cm³/mol. The molecule has 0 aromatic rings. The quantitative estimate of drug-likeness (QED) is 0.333. The van der Waals surface area contributed by atoms with Crippen molar-refractivity contribution in [1.29, 1.82) is 0 Å². The van der Waals surface area contributed by atoms with E-state index < -0.39 is 0 Å². The van der Waals surface area contributed by atoms with Crippen molar-refractivity contribution in [3.05, 3.63) is 6.42 Å². The van der Waals surface area contributed by atoms with Crippen molar-refractivity contribution in [1.82, 2.24) is 0 Å². The summed E-state index contributed by atoms with van der Waals surface area (Å²) in [5, 5.41) is 0. The number of hydrogen-bond acceptors (Lipinski definition) is 0. The maximum absolute atomic E-state index is 3.46. The largest absolute Gasteiger partial charge is 2.00 e. The molecule has 0 bridgehead atoms. The normalized spacial score (nSPS) is 20.5. The van der Waals surface area contributed by atoms with Gasteiger partial charge in [-0.2, -0.15) is 12.8 Å². The monoisotopic (exact) mass is 292 g/mol. The number of halogens is 2. The molecule has 0 N–H and O–H groups in total. The van der Waals surface area contributed by atoms with Crippen molar-refractivity contribution in [3.63, 3.8) is 0 Å². The summed E-state index contributed by atoms with van der Waals surface area (Å²) in [6, 6.07) is 0. The van der Waals surface area contributed by atoms with Gasteiger partial charge in [0.15, 0.2) is 0 Å². The van der Waals surface area contributed by atoms with Gasteiger partial charge in [-0.15, -0.1) is 6.42 Å². The average Bonchev–Trinajstić information content (AvgIpc) is 1.56. The van der Waals surface area contributed by atoms with Crippen LogP contribution < -0.4 is 17.0 Å². The van der Waals surface area contributed by atoms with E-state index in [0.717, 1.165) is 4.83 Å². The number of alkyl halides is 1. The molecule has 0 radical (unpaired) electrons. The molecule has 0 aromatic carbocycles. The van der Waals surface area contributed by atoms with E-state index in [2.05, 4.69) is 22.4 Å². The van der Waals surface area contributed by atoms with Gasteiger partial charge in [0, 0.05) is 4.83 Å². The van der Waals surface area contributed by atoms with Gasteiger partial charge in [-0.1, -0.05) is 22.4 Å². The Hall–Kier alpha value is 1.73. The smallest absolute Gasteiger partial charge is 1.00 e. The van der Waals surface area contributed by atoms with Crippen molar-refractivity contribution in [2.24, 2.45) is 0 Å². The van der Waals surface area contributed by atoms with Gasteiger partial charge >= 0.3 is 23.1 Å². The molecule has 2 aliphatic carbocycles. The van der Waals surface area contributed by atoms with E-state index in [1.807, 2.05) is 0 Å². The fourth-order valence-electron chi connectivity index (χ4n) is 0.563. The summed E-state index contributed by atoms with van der Waals surface area (Å²) in [5.74, 6) is 0. The van der Waals surface area contributed by atoms with Crippen LogP contribution in [0.1, 0.15) is 38.5 Å². The van der Waals surface area contributed by atoms with E-state index in [-0.39, 0.29) is 40.0 Å². The van der Waals surface area contributed by atoms with Crippen LogP contribution in [0.5, 0.6) is 0 Å². The molecule has 0 aromatic heterocycles. The third-order valence-electron chi connectivity index (χ3n) is 1.85. The third kappa shape index (κ3) is 8.07. The van der Waals surface area contributed by atoms with Crippen LogP contribution >= 0.6 is 15.9 Å². The van der Waals surface area contributed by atoms with E-state index in [1.54, 1.807) is 0 Å². The van der Waals surface area contributed by atoms with Crippen LogP contribution in [0.4, 0.5) is 0 Å². The molecule has 0 heterocycles. The Balaban J connectivity index is 0. The average molecular weight is 294 g/mol. The summed E-state index contributed by atoms with van der Waals surface area (Å²) >= 11 is 3.46. The Kier molecular flexibility index (Phi) is 13.6. The minimum Gasteiger partial charge on any atom is -1.00 e. The van der Waals surface area contributed by atoms with Crippen LogP contribution in [0.15, 0.2) is 0 Å². The molecule has 2 fully saturated rings. The molecule has 0 amide bonds. The zero-order chi connectivity index (χ0) is 6.53. The van der Waals surface area contributed by atoms with Crippen molar-refractivity contribution < 1.29 is 17.0 Å². The summed E-state index contributed by atoms with van der Waals surface area (Å²) in [4.78, 5) is 0.877. The van der Waals surface area contributed by atoms with Crippen molar-refractivity contribution in [2.45, 2.75) is 43.4 Å². The Labute approximate surface area is 105 Å². The van der Waals surface area contributed by atoms with Crippen LogP contribution in [-0.4, -0.2) is 27.9 Å². The topological polar surface area (TPSA) is 0 Å². The van der Waals surface area contributed by atoms with Gasteiger partial charge in [-0.3, -0.25) is 0 Å². The van der Waals surface area contributed by atoms with Gasteiger partial charge in [0.05, 0.1) is 0 Å². The summed E-state index contributed by atoms with van der Waals surface area (Å²) in [7, 11) is 0. The van der Waals surface area contributed by atoms with Gasteiger partial charge in [-0.05, 0) is 12.8 Å². The van der Waals surface area contributed by atoms with Crippen LogP contribution in [0.25, 0.3) is 0 Å². The summed E-state index contributed by atoms with van der Waals surface area (Å²) in [6.07, 6.45) is 10.7. The van der Waals surface area contributed by atoms with E-state index in [1.165, 1.54) is 38.5 Å². The predicted octanol–water partition coefficient (Wildman–Crippen LogP) is -0.0684. The van der Waals surface area contributed by atoms with Gasteiger partial charge in [0.1, 0.15) is 0 Å². The molecule has 0 nitrogen and oxygen atoms in total. The third-order valence-corrected chi connectivity index (χ3v) is 2.77. The van der Waals surface area contributed by atoms with Crippen LogP contribution in [-0.2, 0) is 0 Å². The first kappa shape index (κ1) is 15.2. The minimum absolute atomic E-state index is 0. The van der Waals surface area contributed by atoms with Crippen LogP contribution in [0.3, 0.4) is 0 Å². The Morgan fingerprint density at radius 1 is 1.09 bits per heavy atom. The molecule has 0 unspecified atom stereocenters. The van der Waals surface area contributed by atoms with E-state index in [0.29, 0.717) is 0 Å². The fourth-order valence-corrected chi connectivity index (χ4v) is 1.21. The summed E-state index contributed by atoms with van der Waals surface area (Å²) in [6.45, 7) is 0. The molecule has 0 saturated heterocycles. The Bertz CT molecular complexity index is 66.5. The standard InChI is InChI=1S/C4H7Br.C4H7.BrH.Mg/c5-4-2-1-3-4;1-2-4-3-1;;/h4H,1-3H2;1H,2-4H2;1H;/q;-1;;+2/p-1. The number of hydrogen-bond donors (Lipinski definition) is 0. The first-order valence-electron chi connectivity index (χ1n) is 3.85. The molecular formula is C8H14Br2Mg. The van der Waals surface area contributed by atoms with E-state index in [9.17, 15) is 0 Å². The second-order valence-corrected chi connectivity index (χ2v) is 4.04. The first-order chi connectivity index (χ1) is 4.39. The maximum atomic E-state index is 3.46. The zero-order valence-corrected chi connectivity index (χ0v) is 11.4. The van der Waals surface area contributed by atoms with Gasteiger partial charge in [0.2, 0.25) is 0 Å². The van der Waals surface area contributed by atoms with Crippen molar-refractivity contribution in [3.8, 4) is 0 Å². The fraction of sp³-hybridized carbons (Fsp3) is 0.875. The van der Waals surface area contributed by atoms with Crippen LogP contribution in [0, 0.1) is 6.42 Å². The molecule has 0 aliphatic heterocycles. The molecule has 2 saturated carbocycles. The number of rotatable bonds is 0. The summed E-state index contributed by atoms with van der Waals surface area (Å²) in [5.41, 5.74) is 0. The second kappa shape index (κ2) is 9.81. The molecule has 62 valence electrons. The van der Waals surface area contributed by atoms with E-state index in [4.69, 9.17) is 0 Å². The minimum atomic E-state index is 0. The Morgan fingerprint density at radius 2 is 1.36 bits per heavy atom. The van der Waals surface area contributed by atoms with Crippen LogP contribution in [0.2, 0.25) is 0 Å². The SMILES string of the molecule is BrC1CCC1.[Br-].[CH-]1CCC1.[Mg+2]. The Morgan fingerprint density at radius 3 is 1.36 bits per heavy atom.